The van der Waals surface area contributed by atoms with Gasteiger partial charge < -0.3 is 18.3 Å². The summed E-state index contributed by atoms with van der Waals surface area (Å²) in [6.07, 6.45) is 0. The van der Waals surface area contributed by atoms with Crippen molar-refractivity contribution in [3.05, 3.63) is 437 Å². The molecule has 0 saturated heterocycles. The molecule has 8 nitrogen and oxygen atoms in total. The van der Waals surface area contributed by atoms with Crippen molar-refractivity contribution in [1.29, 1.82) is 0 Å². The molecule has 0 spiro atoms. The zero-order valence-corrected chi connectivity index (χ0v) is 65.1. The van der Waals surface area contributed by atoms with E-state index in [4.69, 9.17) is 19.9 Å². The lowest BCUT2D eigenvalue weighted by molar-refractivity contribution is 1.17. The van der Waals surface area contributed by atoms with E-state index in [0.29, 0.717) is 11.6 Å². The van der Waals surface area contributed by atoms with Gasteiger partial charge in [0.1, 0.15) is 0 Å². The molecule has 0 amide bonds. The molecule has 0 N–H and O–H groups in total. The number of rotatable bonds is 12. The molecule has 0 radical (unpaired) electrons. The summed E-state index contributed by atoms with van der Waals surface area (Å²) >= 11 is 0. The minimum absolute atomic E-state index is 0.690. The summed E-state index contributed by atoms with van der Waals surface area (Å²) < 4.78 is 9.70. The van der Waals surface area contributed by atoms with Crippen LogP contribution in [0.5, 0.6) is 0 Å². The maximum atomic E-state index is 5.34. The lowest BCUT2D eigenvalue weighted by atomic mass is 10.0. The van der Waals surface area contributed by atoms with Crippen LogP contribution in [0.4, 0.5) is 0 Å². The van der Waals surface area contributed by atoms with Gasteiger partial charge in [-0.3, -0.25) is 0 Å². The molecule has 0 bridgehead atoms. The second-order valence-electron chi connectivity index (χ2n) is 30.8. The molecule has 6 heterocycles. The Labute approximate surface area is 692 Å². The number of aromatic nitrogens is 8. The van der Waals surface area contributed by atoms with E-state index in [2.05, 4.69) is 419 Å². The zero-order chi connectivity index (χ0) is 79.1. The third-order valence-corrected chi connectivity index (χ3v) is 23.8. The highest BCUT2D eigenvalue weighted by Crippen LogP contribution is 2.47. The Balaban J connectivity index is 0.000000140. The summed E-state index contributed by atoms with van der Waals surface area (Å²) in [6.45, 7) is 0. The van der Waals surface area contributed by atoms with E-state index in [0.717, 1.165) is 106 Å². The fourth-order valence-electron chi connectivity index (χ4n) is 18.3. The monoisotopic (exact) mass is 1530 g/mol. The lowest BCUT2D eigenvalue weighted by Gasteiger charge is -2.15. The SMILES string of the molecule is c1ccc(-c2ccc(-c3cc(-c4ccc5ccc(-n6c7ccccc7c7c8c9ccccc9n(-c9ccccc9)c8ccc76)cc5c4)nc(-c4ccccc4)n3)cc2)cc1.c1ccc(-c2ccc(-c3nc(-c4ccccc4)cc(-c4cc(-n5c6ccccc6c6c7c8ccccc8n(-c8ccccc8)c7ccc65)c5ccccc5c4)n3)cc2)cc1. The van der Waals surface area contributed by atoms with Crippen LogP contribution in [0, 0.1) is 0 Å². The van der Waals surface area contributed by atoms with Gasteiger partial charge in [0.2, 0.25) is 0 Å². The Morgan fingerprint density at radius 1 is 0.150 bits per heavy atom. The quantitative estimate of drug-likeness (QED) is 0.122. The highest BCUT2D eigenvalue weighted by atomic mass is 15.0. The third kappa shape index (κ3) is 11.9. The Kier molecular flexibility index (Phi) is 16.7. The highest BCUT2D eigenvalue weighted by molar-refractivity contribution is 6.30. The van der Waals surface area contributed by atoms with E-state index in [1.165, 1.54) is 104 Å². The average Bonchev–Trinajstić information content (AvgIpc) is 1.55. The topological polar surface area (TPSA) is 71.3 Å². The molecule has 0 saturated carbocycles. The van der Waals surface area contributed by atoms with E-state index in [1.807, 2.05) is 36.4 Å². The van der Waals surface area contributed by atoms with Crippen molar-refractivity contribution in [3.63, 3.8) is 0 Å². The molecule has 0 fully saturated rings. The highest BCUT2D eigenvalue weighted by Gasteiger charge is 2.25. The third-order valence-electron chi connectivity index (χ3n) is 23.8. The van der Waals surface area contributed by atoms with Gasteiger partial charge >= 0.3 is 0 Å². The van der Waals surface area contributed by atoms with Gasteiger partial charge in [0, 0.05) is 98.9 Å². The molecule has 6 aromatic heterocycles. The number of benzene rings is 18. The summed E-state index contributed by atoms with van der Waals surface area (Å²) in [6, 6.07) is 156. The maximum Gasteiger partial charge on any atom is 0.160 e. The van der Waals surface area contributed by atoms with Crippen molar-refractivity contribution in [2.75, 3.05) is 0 Å². The summed E-state index contributed by atoms with van der Waals surface area (Å²) in [5, 5.41) is 14.6. The minimum atomic E-state index is 0.690. The number of hydrogen-bond acceptors (Lipinski definition) is 4. The molecule has 18 aromatic carbocycles. The van der Waals surface area contributed by atoms with Gasteiger partial charge in [-0.1, -0.05) is 322 Å². The van der Waals surface area contributed by atoms with E-state index in [1.54, 1.807) is 0 Å². The van der Waals surface area contributed by atoms with Crippen LogP contribution in [-0.2, 0) is 0 Å². The number of nitrogens with zero attached hydrogens (tertiary/aromatic N) is 8. The smallest absolute Gasteiger partial charge is 0.160 e. The van der Waals surface area contributed by atoms with Gasteiger partial charge in [-0.25, -0.2) is 19.9 Å². The van der Waals surface area contributed by atoms with Crippen LogP contribution in [-0.4, -0.2) is 38.2 Å². The van der Waals surface area contributed by atoms with Crippen molar-refractivity contribution < 1.29 is 0 Å². The van der Waals surface area contributed by atoms with Crippen molar-refractivity contribution >= 4 is 109 Å². The van der Waals surface area contributed by atoms with Crippen LogP contribution in [0.15, 0.2) is 437 Å². The molecule has 0 unspecified atom stereocenters. The predicted molar refractivity (Wildman–Crippen MR) is 500 cm³/mol. The molecule has 0 aliphatic carbocycles. The van der Waals surface area contributed by atoms with Crippen molar-refractivity contribution in [1.82, 2.24) is 38.2 Å². The first-order chi connectivity index (χ1) is 59.5. The summed E-state index contributed by atoms with van der Waals surface area (Å²) in [7, 11) is 0. The lowest BCUT2D eigenvalue weighted by Crippen LogP contribution is -1.99. The van der Waals surface area contributed by atoms with Gasteiger partial charge in [0.25, 0.3) is 0 Å². The zero-order valence-electron chi connectivity index (χ0n) is 65.1. The van der Waals surface area contributed by atoms with Crippen LogP contribution in [0.1, 0.15) is 0 Å². The second-order valence-corrected chi connectivity index (χ2v) is 30.8. The Morgan fingerprint density at radius 2 is 0.450 bits per heavy atom. The molecule has 8 heteroatoms. The van der Waals surface area contributed by atoms with Crippen molar-refractivity contribution in [2.24, 2.45) is 0 Å². The molecule has 24 rings (SSSR count). The van der Waals surface area contributed by atoms with Gasteiger partial charge in [-0.05, 0) is 154 Å². The summed E-state index contributed by atoms with van der Waals surface area (Å²) in [4.78, 5) is 20.8. The standard InChI is InChI=1S/2C56H36N4/c1-4-14-37(15-5-1)38-24-27-40(28-25-38)48-36-49(58-56(57-48)41-16-6-2-7-17-41)42-29-26-39-30-31-45(35-43(39)34-42)60-51-23-13-11-21-47(51)55-53(60)33-32-52-54(55)46-20-10-12-22-50(46)59(52)44-18-8-3-9-19-44;1-4-16-37(17-5-1)38-28-30-40(31-29-38)56-57-47(39-18-6-2-7-19-39)36-48(58-56)42-34-41-20-10-11-23-44(41)53(35-42)60-50-27-15-13-25-46(50)55-52(60)33-32-51-54(55)45-24-12-14-26-49(45)59(51)43-21-8-3-9-22-43/h2*1-36H. The Morgan fingerprint density at radius 3 is 0.917 bits per heavy atom. The van der Waals surface area contributed by atoms with E-state index >= 15 is 0 Å². The van der Waals surface area contributed by atoms with Gasteiger partial charge in [-0.2, -0.15) is 0 Å². The molecule has 24 aromatic rings. The van der Waals surface area contributed by atoms with Crippen molar-refractivity contribution in [3.8, 4) is 113 Å². The van der Waals surface area contributed by atoms with Gasteiger partial charge in [0.15, 0.2) is 11.6 Å². The van der Waals surface area contributed by atoms with Crippen LogP contribution >= 0.6 is 0 Å². The maximum absolute atomic E-state index is 5.34. The minimum Gasteiger partial charge on any atom is -0.309 e. The first-order valence-electron chi connectivity index (χ1n) is 40.8. The molecule has 560 valence electrons. The molecule has 0 aliphatic rings. The van der Waals surface area contributed by atoms with Gasteiger partial charge in [0.05, 0.1) is 72.6 Å². The van der Waals surface area contributed by atoms with Gasteiger partial charge in [-0.15, -0.1) is 0 Å². The molecular weight excluding hydrogens is 1460 g/mol. The number of fused-ring (bicyclic) bond motifs is 16. The fourth-order valence-corrected chi connectivity index (χ4v) is 18.3. The molecule has 0 atom stereocenters. The van der Waals surface area contributed by atoms with E-state index in [-0.39, 0.29) is 0 Å². The van der Waals surface area contributed by atoms with Crippen LogP contribution in [0.25, 0.3) is 222 Å². The molecular formula is C112H72N8. The Hall–Kier alpha value is -16.2. The average molecular weight is 1530 g/mol. The molecule has 0 aliphatic heterocycles. The first kappa shape index (κ1) is 69.4. The second kappa shape index (κ2) is 29.0. The molecule has 120 heavy (non-hydrogen) atoms. The van der Waals surface area contributed by atoms with Crippen molar-refractivity contribution in [2.45, 2.75) is 0 Å². The fraction of sp³-hybridized carbons (Fsp3) is 0. The largest absolute Gasteiger partial charge is 0.309 e. The summed E-state index contributed by atoms with van der Waals surface area (Å²) in [5.41, 5.74) is 28.3. The number of para-hydroxylation sites is 6. The Bertz CT molecular complexity index is 8090. The summed E-state index contributed by atoms with van der Waals surface area (Å²) in [5.74, 6) is 1.39. The first-order valence-corrected chi connectivity index (χ1v) is 40.8. The van der Waals surface area contributed by atoms with Crippen LogP contribution in [0.2, 0.25) is 0 Å². The number of hydrogen-bond donors (Lipinski definition) is 0. The normalized spacial score (nSPS) is 11.7. The van der Waals surface area contributed by atoms with E-state index in [9.17, 15) is 0 Å². The van der Waals surface area contributed by atoms with E-state index < -0.39 is 0 Å². The van der Waals surface area contributed by atoms with Crippen LogP contribution in [0.3, 0.4) is 0 Å². The van der Waals surface area contributed by atoms with Crippen LogP contribution < -0.4 is 0 Å². The predicted octanol–water partition coefficient (Wildman–Crippen LogP) is 29.0.